The molecule has 1 saturated heterocycles. The average Bonchev–Trinajstić information content (AvgIpc) is 2.34. The minimum Gasteiger partial charge on any atom is -0.385 e. The smallest absolute Gasteiger partial charge is 0.0945 e. The molecule has 1 aromatic rings. The monoisotopic (exact) mass is 262 g/mol. The normalized spacial score (nSPS) is 27.5. The van der Waals surface area contributed by atoms with Crippen LogP contribution >= 0.6 is 0 Å². The molecule has 0 spiro atoms. The second-order valence-electron chi connectivity index (χ2n) is 6.02. The first-order valence-electron chi connectivity index (χ1n) is 7.38. The van der Waals surface area contributed by atoms with E-state index in [2.05, 4.69) is 39.8 Å². The quantitative estimate of drug-likeness (QED) is 0.898. The average molecular weight is 262 g/mol. The second-order valence-corrected chi connectivity index (χ2v) is 6.02. The van der Waals surface area contributed by atoms with Crippen molar-refractivity contribution in [2.45, 2.75) is 65.1 Å². The van der Waals surface area contributed by atoms with Crippen LogP contribution in [0.15, 0.2) is 12.1 Å². The van der Waals surface area contributed by atoms with Gasteiger partial charge in [-0.05, 0) is 49.4 Å². The Bertz CT molecular complexity index is 451. The predicted octanol–water partition coefficient (Wildman–Crippen LogP) is 3.78. The summed E-state index contributed by atoms with van der Waals surface area (Å²) in [5.74, 6) is 0. The molecule has 2 nitrogen and oxygen atoms in total. The van der Waals surface area contributed by atoms with Crippen molar-refractivity contribution in [2.75, 3.05) is 6.61 Å². The maximum absolute atomic E-state index is 11.1. The Morgan fingerprint density at radius 1 is 1.21 bits per heavy atom. The first-order valence-corrected chi connectivity index (χ1v) is 7.38. The molecule has 0 bridgehead atoms. The van der Waals surface area contributed by atoms with Crippen molar-refractivity contribution in [2.24, 2.45) is 0 Å². The highest BCUT2D eigenvalue weighted by atomic mass is 16.5. The van der Waals surface area contributed by atoms with Crippen molar-refractivity contribution in [1.82, 2.24) is 0 Å². The van der Waals surface area contributed by atoms with Gasteiger partial charge in [0, 0.05) is 12.8 Å². The topological polar surface area (TPSA) is 29.5 Å². The number of benzene rings is 1. The highest BCUT2D eigenvalue weighted by Crippen LogP contribution is 2.38. The Kier molecular flexibility index (Phi) is 4.32. The molecule has 0 aliphatic carbocycles. The van der Waals surface area contributed by atoms with Gasteiger partial charge in [0.2, 0.25) is 0 Å². The van der Waals surface area contributed by atoms with Crippen molar-refractivity contribution in [3.05, 3.63) is 34.4 Å². The maximum atomic E-state index is 11.1. The Balaban J connectivity index is 2.31. The van der Waals surface area contributed by atoms with Gasteiger partial charge in [0.05, 0.1) is 18.3 Å². The molecule has 1 aliphatic rings. The lowest BCUT2D eigenvalue weighted by molar-refractivity contribution is -0.110. The van der Waals surface area contributed by atoms with E-state index in [1.54, 1.807) is 0 Å². The summed E-state index contributed by atoms with van der Waals surface area (Å²) in [5.41, 5.74) is 4.14. The molecule has 1 aliphatic heterocycles. The molecule has 2 rings (SSSR count). The van der Waals surface area contributed by atoms with Crippen molar-refractivity contribution >= 4 is 0 Å². The van der Waals surface area contributed by atoms with E-state index in [1.165, 1.54) is 16.7 Å². The number of aliphatic hydroxyl groups is 1. The van der Waals surface area contributed by atoms with E-state index in [0.717, 1.165) is 24.8 Å². The number of ether oxygens (including phenoxy) is 1. The molecule has 0 radical (unpaired) electrons. The standard InChI is InChI=1S/C17H26O2/c1-5-6-15-11-17(18,7-8-19-15)16-10-13(3)12(2)9-14(16)4/h9-10,15,18H,5-8,11H2,1-4H3. The SMILES string of the molecule is CCCC1CC(O)(c2cc(C)c(C)cc2C)CCO1. The summed E-state index contributed by atoms with van der Waals surface area (Å²) >= 11 is 0. The van der Waals surface area contributed by atoms with Crippen LogP contribution < -0.4 is 0 Å². The van der Waals surface area contributed by atoms with Crippen LogP contribution in [0.1, 0.15) is 54.9 Å². The highest BCUT2D eigenvalue weighted by molar-refractivity contribution is 5.40. The molecule has 1 heterocycles. The number of rotatable bonds is 3. The number of hydrogen-bond acceptors (Lipinski definition) is 2. The third-order valence-electron chi connectivity index (χ3n) is 4.39. The fourth-order valence-electron chi connectivity index (χ4n) is 3.15. The van der Waals surface area contributed by atoms with Crippen molar-refractivity contribution < 1.29 is 9.84 Å². The molecule has 1 aromatic carbocycles. The number of hydrogen-bond donors (Lipinski definition) is 1. The van der Waals surface area contributed by atoms with E-state index in [-0.39, 0.29) is 6.10 Å². The van der Waals surface area contributed by atoms with E-state index >= 15 is 0 Å². The van der Waals surface area contributed by atoms with Gasteiger partial charge in [-0.2, -0.15) is 0 Å². The highest BCUT2D eigenvalue weighted by Gasteiger charge is 2.37. The van der Waals surface area contributed by atoms with Gasteiger partial charge in [-0.25, -0.2) is 0 Å². The van der Waals surface area contributed by atoms with Gasteiger partial charge in [0.25, 0.3) is 0 Å². The Labute approximate surface area is 116 Å². The van der Waals surface area contributed by atoms with E-state index < -0.39 is 5.60 Å². The fraction of sp³-hybridized carbons (Fsp3) is 0.647. The van der Waals surface area contributed by atoms with Crippen molar-refractivity contribution in [3.63, 3.8) is 0 Å². The first kappa shape index (κ1) is 14.5. The lowest BCUT2D eigenvalue weighted by atomic mass is 9.79. The molecule has 2 atom stereocenters. The third-order valence-corrected chi connectivity index (χ3v) is 4.39. The summed E-state index contributed by atoms with van der Waals surface area (Å²) in [5, 5.41) is 11.1. The zero-order chi connectivity index (χ0) is 14.0. The molecule has 19 heavy (non-hydrogen) atoms. The molecule has 0 saturated carbocycles. The molecule has 106 valence electrons. The van der Waals surface area contributed by atoms with E-state index in [0.29, 0.717) is 13.0 Å². The molecule has 1 N–H and O–H groups in total. The van der Waals surface area contributed by atoms with Crippen LogP contribution in [0, 0.1) is 20.8 Å². The van der Waals surface area contributed by atoms with Gasteiger partial charge < -0.3 is 9.84 Å². The van der Waals surface area contributed by atoms with Gasteiger partial charge in [0.15, 0.2) is 0 Å². The van der Waals surface area contributed by atoms with Crippen molar-refractivity contribution in [3.8, 4) is 0 Å². The van der Waals surface area contributed by atoms with Gasteiger partial charge >= 0.3 is 0 Å². The van der Waals surface area contributed by atoms with Crippen LogP contribution in [0.3, 0.4) is 0 Å². The van der Waals surface area contributed by atoms with Crippen LogP contribution in [-0.4, -0.2) is 17.8 Å². The van der Waals surface area contributed by atoms with Gasteiger partial charge in [0.1, 0.15) is 0 Å². The summed E-state index contributed by atoms with van der Waals surface area (Å²) in [4.78, 5) is 0. The van der Waals surface area contributed by atoms with Crippen LogP contribution in [-0.2, 0) is 10.3 Å². The van der Waals surface area contributed by atoms with Gasteiger partial charge in [-0.15, -0.1) is 0 Å². The molecule has 0 amide bonds. The summed E-state index contributed by atoms with van der Waals surface area (Å²) in [6.45, 7) is 9.17. The van der Waals surface area contributed by atoms with E-state index in [4.69, 9.17) is 4.74 Å². The molecule has 2 unspecified atom stereocenters. The largest absolute Gasteiger partial charge is 0.385 e. The Morgan fingerprint density at radius 3 is 2.58 bits per heavy atom. The van der Waals surface area contributed by atoms with Crippen LogP contribution in [0.4, 0.5) is 0 Å². The lowest BCUT2D eigenvalue weighted by Gasteiger charge is -2.38. The lowest BCUT2D eigenvalue weighted by Crippen LogP contribution is -2.39. The van der Waals surface area contributed by atoms with Crippen molar-refractivity contribution in [1.29, 1.82) is 0 Å². The van der Waals surface area contributed by atoms with Gasteiger partial charge in [-0.3, -0.25) is 0 Å². The van der Waals surface area contributed by atoms with Gasteiger partial charge in [-0.1, -0.05) is 25.5 Å². The zero-order valence-electron chi connectivity index (χ0n) is 12.6. The third kappa shape index (κ3) is 3.01. The first-order chi connectivity index (χ1) is 8.96. The molecular weight excluding hydrogens is 236 g/mol. The second kappa shape index (κ2) is 5.64. The van der Waals surface area contributed by atoms with Crippen LogP contribution in [0.5, 0.6) is 0 Å². The van der Waals surface area contributed by atoms with E-state index in [9.17, 15) is 5.11 Å². The van der Waals surface area contributed by atoms with Crippen LogP contribution in [0.2, 0.25) is 0 Å². The Morgan fingerprint density at radius 2 is 1.89 bits per heavy atom. The summed E-state index contributed by atoms with van der Waals surface area (Å²) in [6, 6.07) is 4.35. The van der Waals surface area contributed by atoms with E-state index in [1.807, 2.05) is 0 Å². The fourth-order valence-corrected chi connectivity index (χ4v) is 3.15. The summed E-state index contributed by atoms with van der Waals surface area (Å²) < 4.78 is 5.77. The predicted molar refractivity (Wildman–Crippen MR) is 78.4 cm³/mol. The zero-order valence-corrected chi connectivity index (χ0v) is 12.6. The molecular formula is C17H26O2. The van der Waals surface area contributed by atoms with Crippen LogP contribution in [0.25, 0.3) is 0 Å². The Hall–Kier alpha value is -0.860. The molecule has 0 aromatic heterocycles. The molecule has 1 fully saturated rings. The molecule has 2 heteroatoms. The summed E-state index contributed by atoms with van der Waals surface area (Å²) in [7, 11) is 0. The number of aryl methyl sites for hydroxylation is 3. The minimum atomic E-state index is -0.708. The summed E-state index contributed by atoms with van der Waals surface area (Å²) in [6.07, 6.45) is 3.77. The minimum absolute atomic E-state index is 0.199. The maximum Gasteiger partial charge on any atom is 0.0945 e.